The van der Waals surface area contributed by atoms with Crippen LogP contribution in [0.2, 0.25) is 0 Å². The normalized spacial score (nSPS) is 11.8. The number of nitriles is 1. The molecule has 1 atom stereocenters. The Morgan fingerprint density at radius 3 is 3.14 bits per heavy atom. The second-order valence-electron chi connectivity index (χ2n) is 4.39. The first-order valence-corrected chi connectivity index (χ1v) is 6.55. The molecule has 110 valence electrons. The molecule has 1 heterocycles. The largest absolute Gasteiger partial charge is 0.491 e. The van der Waals surface area contributed by atoms with Crippen molar-refractivity contribution in [3.63, 3.8) is 0 Å². The third-order valence-corrected chi connectivity index (χ3v) is 2.71. The van der Waals surface area contributed by atoms with E-state index in [-0.39, 0.29) is 6.61 Å². The standard InChI is InChI=1S/C14H16N4O3/c15-7-11-2-1-3-13(6-11)20-9-12(19)8-16-5-4-14-17-10-18-21-14/h1-3,6,10,12,16,19H,4-5,8-9H2. The molecule has 0 fully saturated rings. The van der Waals surface area contributed by atoms with Crippen LogP contribution in [0.1, 0.15) is 11.5 Å². The summed E-state index contributed by atoms with van der Waals surface area (Å²) in [7, 11) is 0. The zero-order valence-corrected chi connectivity index (χ0v) is 11.4. The summed E-state index contributed by atoms with van der Waals surface area (Å²) in [6.07, 6.45) is 1.32. The lowest BCUT2D eigenvalue weighted by atomic mass is 10.2. The molecule has 0 saturated carbocycles. The van der Waals surface area contributed by atoms with E-state index < -0.39 is 6.10 Å². The van der Waals surface area contributed by atoms with E-state index >= 15 is 0 Å². The third-order valence-electron chi connectivity index (χ3n) is 2.71. The Kier molecular flexibility index (Phi) is 5.70. The second kappa shape index (κ2) is 7.99. The van der Waals surface area contributed by atoms with Gasteiger partial charge in [-0.05, 0) is 18.2 Å². The van der Waals surface area contributed by atoms with E-state index in [0.717, 1.165) is 0 Å². The average Bonchev–Trinajstić information content (AvgIpc) is 3.03. The van der Waals surface area contributed by atoms with Crippen LogP contribution in [0.4, 0.5) is 0 Å². The predicted molar refractivity (Wildman–Crippen MR) is 73.5 cm³/mol. The van der Waals surface area contributed by atoms with Crippen molar-refractivity contribution in [2.45, 2.75) is 12.5 Å². The molecule has 7 heteroatoms. The smallest absolute Gasteiger partial charge is 0.227 e. The van der Waals surface area contributed by atoms with Crippen LogP contribution in [0.15, 0.2) is 35.1 Å². The van der Waals surface area contributed by atoms with Gasteiger partial charge in [-0.2, -0.15) is 10.2 Å². The molecule has 0 saturated heterocycles. The first-order chi connectivity index (χ1) is 10.3. The SMILES string of the molecule is N#Cc1cccc(OCC(O)CNCCc2ncno2)c1. The molecule has 0 bridgehead atoms. The van der Waals surface area contributed by atoms with Crippen molar-refractivity contribution in [2.24, 2.45) is 0 Å². The van der Waals surface area contributed by atoms with Gasteiger partial charge < -0.3 is 19.7 Å². The van der Waals surface area contributed by atoms with Crippen LogP contribution in [0.5, 0.6) is 5.75 Å². The minimum Gasteiger partial charge on any atom is -0.491 e. The number of rotatable bonds is 8. The minimum absolute atomic E-state index is 0.155. The summed E-state index contributed by atoms with van der Waals surface area (Å²) in [6.45, 7) is 1.18. The van der Waals surface area contributed by atoms with Gasteiger partial charge in [0.25, 0.3) is 0 Å². The first kappa shape index (κ1) is 15.0. The molecule has 1 unspecified atom stereocenters. The van der Waals surface area contributed by atoms with E-state index in [0.29, 0.717) is 36.7 Å². The number of hydrogen-bond acceptors (Lipinski definition) is 7. The van der Waals surface area contributed by atoms with Crippen molar-refractivity contribution >= 4 is 0 Å². The third kappa shape index (κ3) is 5.22. The van der Waals surface area contributed by atoms with Gasteiger partial charge in [0.2, 0.25) is 5.89 Å². The molecule has 2 N–H and O–H groups in total. The molecule has 2 rings (SSSR count). The van der Waals surface area contributed by atoms with Crippen LogP contribution >= 0.6 is 0 Å². The number of aliphatic hydroxyl groups is 1. The van der Waals surface area contributed by atoms with Crippen molar-refractivity contribution in [1.82, 2.24) is 15.5 Å². The highest BCUT2D eigenvalue weighted by Crippen LogP contribution is 2.12. The van der Waals surface area contributed by atoms with Gasteiger partial charge in [0, 0.05) is 19.5 Å². The second-order valence-corrected chi connectivity index (χ2v) is 4.39. The molecule has 0 radical (unpaired) electrons. The zero-order chi connectivity index (χ0) is 14.9. The Morgan fingerprint density at radius 2 is 2.38 bits per heavy atom. The summed E-state index contributed by atoms with van der Waals surface area (Å²) in [4.78, 5) is 3.89. The van der Waals surface area contributed by atoms with E-state index in [2.05, 4.69) is 15.5 Å². The monoisotopic (exact) mass is 288 g/mol. The summed E-state index contributed by atoms with van der Waals surface area (Å²) in [5.74, 6) is 1.13. The van der Waals surface area contributed by atoms with E-state index in [1.807, 2.05) is 6.07 Å². The van der Waals surface area contributed by atoms with Gasteiger partial charge in [0.05, 0.1) is 11.6 Å². The summed E-state index contributed by atoms with van der Waals surface area (Å²) >= 11 is 0. The summed E-state index contributed by atoms with van der Waals surface area (Å²) < 4.78 is 10.3. The molecule has 2 aromatic rings. The van der Waals surface area contributed by atoms with E-state index in [1.165, 1.54) is 6.33 Å². The van der Waals surface area contributed by atoms with Gasteiger partial charge in [0.15, 0.2) is 6.33 Å². The first-order valence-electron chi connectivity index (χ1n) is 6.55. The molecule has 1 aromatic heterocycles. The van der Waals surface area contributed by atoms with Crippen LogP contribution in [0.25, 0.3) is 0 Å². The molecule has 1 aromatic carbocycles. The summed E-state index contributed by atoms with van der Waals surface area (Å²) in [6, 6.07) is 8.85. The van der Waals surface area contributed by atoms with Crippen molar-refractivity contribution in [1.29, 1.82) is 5.26 Å². The van der Waals surface area contributed by atoms with Crippen molar-refractivity contribution in [3.8, 4) is 11.8 Å². The zero-order valence-electron chi connectivity index (χ0n) is 11.4. The topological polar surface area (TPSA) is 104 Å². The highest BCUT2D eigenvalue weighted by molar-refractivity contribution is 5.36. The van der Waals surface area contributed by atoms with Crippen LogP contribution in [0, 0.1) is 11.3 Å². The molecular weight excluding hydrogens is 272 g/mol. The molecule has 0 aliphatic carbocycles. The Hall–Kier alpha value is -2.43. The fourth-order valence-electron chi connectivity index (χ4n) is 1.68. The van der Waals surface area contributed by atoms with Crippen molar-refractivity contribution in [3.05, 3.63) is 42.0 Å². The van der Waals surface area contributed by atoms with Gasteiger partial charge in [0.1, 0.15) is 18.5 Å². The Morgan fingerprint density at radius 1 is 1.48 bits per heavy atom. The van der Waals surface area contributed by atoms with Crippen LogP contribution < -0.4 is 10.1 Å². The number of benzene rings is 1. The van der Waals surface area contributed by atoms with E-state index in [4.69, 9.17) is 14.5 Å². The van der Waals surface area contributed by atoms with Gasteiger partial charge >= 0.3 is 0 Å². The number of ether oxygens (including phenoxy) is 1. The minimum atomic E-state index is -0.640. The Labute approximate surface area is 122 Å². The lowest BCUT2D eigenvalue weighted by Crippen LogP contribution is -2.32. The maximum Gasteiger partial charge on any atom is 0.227 e. The Bertz CT molecular complexity index is 580. The maximum atomic E-state index is 9.79. The van der Waals surface area contributed by atoms with Gasteiger partial charge in [-0.3, -0.25) is 0 Å². The number of nitrogens with zero attached hydrogens (tertiary/aromatic N) is 3. The summed E-state index contributed by atoms with van der Waals surface area (Å²) in [5.41, 5.74) is 0.527. The molecule has 21 heavy (non-hydrogen) atoms. The highest BCUT2D eigenvalue weighted by Gasteiger charge is 2.06. The lowest BCUT2D eigenvalue weighted by molar-refractivity contribution is 0.106. The van der Waals surface area contributed by atoms with Crippen LogP contribution in [-0.2, 0) is 6.42 Å². The fraction of sp³-hybridized carbons (Fsp3) is 0.357. The quantitative estimate of drug-likeness (QED) is 0.682. The molecule has 7 nitrogen and oxygen atoms in total. The van der Waals surface area contributed by atoms with Gasteiger partial charge in [-0.1, -0.05) is 11.2 Å². The van der Waals surface area contributed by atoms with Gasteiger partial charge in [-0.15, -0.1) is 0 Å². The maximum absolute atomic E-state index is 9.79. The lowest BCUT2D eigenvalue weighted by Gasteiger charge is -2.13. The van der Waals surface area contributed by atoms with Crippen LogP contribution in [-0.4, -0.2) is 41.0 Å². The van der Waals surface area contributed by atoms with Crippen molar-refractivity contribution < 1.29 is 14.4 Å². The molecular formula is C14H16N4O3. The average molecular weight is 288 g/mol. The van der Waals surface area contributed by atoms with Crippen molar-refractivity contribution in [2.75, 3.05) is 19.7 Å². The predicted octanol–water partition coefficient (Wildman–Crippen LogP) is 0.513. The van der Waals surface area contributed by atoms with E-state index in [1.54, 1.807) is 24.3 Å². The van der Waals surface area contributed by atoms with Crippen LogP contribution in [0.3, 0.4) is 0 Å². The molecule has 0 amide bonds. The Balaban J connectivity index is 1.63. The van der Waals surface area contributed by atoms with E-state index in [9.17, 15) is 5.11 Å². The number of nitrogens with one attached hydrogen (secondary N) is 1. The number of hydrogen-bond donors (Lipinski definition) is 2. The summed E-state index contributed by atoms with van der Waals surface area (Å²) in [5, 5.41) is 25.1. The molecule has 0 spiro atoms. The molecule has 0 aliphatic rings. The number of aromatic nitrogens is 2. The number of aliphatic hydroxyl groups excluding tert-OH is 1. The fourth-order valence-corrected chi connectivity index (χ4v) is 1.68. The highest BCUT2D eigenvalue weighted by atomic mass is 16.5. The molecule has 0 aliphatic heterocycles. The van der Waals surface area contributed by atoms with Gasteiger partial charge in [-0.25, -0.2) is 0 Å².